The van der Waals surface area contributed by atoms with Crippen molar-refractivity contribution in [2.24, 2.45) is 0 Å². The molecule has 6 heteroatoms. The average Bonchev–Trinajstić information content (AvgIpc) is 2.49. The highest BCUT2D eigenvalue weighted by Crippen LogP contribution is 2.27. The summed E-state index contributed by atoms with van der Waals surface area (Å²) >= 11 is 5.92. The van der Waals surface area contributed by atoms with Crippen LogP contribution in [0, 0.1) is 5.82 Å². The lowest BCUT2D eigenvalue weighted by molar-refractivity contribution is -0.114. The number of carbonyl (C=O) groups is 1. The fourth-order valence-electron chi connectivity index (χ4n) is 1.69. The quantitative estimate of drug-likeness (QED) is 0.888. The molecule has 21 heavy (non-hydrogen) atoms. The SMILES string of the molecule is COc1cc(NCC(=O)Nc2ccc(F)cc2)ccc1Cl. The Labute approximate surface area is 126 Å². The molecule has 0 spiro atoms. The molecule has 2 N–H and O–H groups in total. The summed E-state index contributed by atoms with van der Waals surface area (Å²) in [6.45, 7) is 0.0716. The van der Waals surface area contributed by atoms with E-state index in [4.69, 9.17) is 16.3 Å². The van der Waals surface area contributed by atoms with Gasteiger partial charge in [-0.15, -0.1) is 0 Å². The van der Waals surface area contributed by atoms with Crippen LogP contribution >= 0.6 is 11.6 Å². The fraction of sp³-hybridized carbons (Fsp3) is 0.133. The summed E-state index contributed by atoms with van der Waals surface area (Å²) in [7, 11) is 1.52. The van der Waals surface area contributed by atoms with Gasteiger partial charge in [0.05, 0.1) is 18.7 Å². The zero-order valence-corrected chi connectivity index (χ0v) is 12.1. The van der Waals surface area contributed by atoms with Crippen LogP contribution in [-0.2, 0) is 4.79 Å². The summed E-state index contributed by atoms with van der Waals surface area (Å²) in [5, 5.41) is 6.11. The molecule has 4 nitrogen and oxygen atoms in total. The number of rotatable bonds is 5. The Morgan fingerprint density at radius 2 is 1.86 bits per heavy atom. The average molecular weight is 309 g/mol. The molecule has 1 amide bonds. The smallest absolute Gasteiger partial charge is 0.243 e. The van der Waals surface area contributed by atoms with Crippen molar-refractivity contribution in [1.29, 1.82) is 0 Å². The molecule has 0 aliphatic heterocycles. The fourth-order valence-corrected chi connectivity index (χ4v) is 1.89. The Kier molecular flexibility index (Phi) is 5.00. The third kappa shape index (κ3) is 4.36. The molecule has 110 valence electrons. The number of hydrogen-bond donors (Lipinski definition) is 2. The minimum atomic E-state index is -0.348. The largest absolute Gasteiger partial charge is 0.495 e. The van der Waals surface area contributed by atoms with Gasteiger partial charge in [0, 0.05) is 17.4 Å². The predicted octanol–water partition coefficient (Wildman–Crippen LogP) is 3.54. The summed E-state index contributed by atoms with van der Waals surface area (Å²) in [6.07, 6.45) is 0. The second-order valence-corrected chi connectivity index (χ2v) is 4.67. The van der Waals surface area contributed by atoms with Crippen LogP contribution in [0.5, 0.6) is 5.75 Å². The van der Waals surface area contributed by atoms with Gasteiger partial charge in [-0.3, -0.25) is 4.79 Å². The van der Waals surface area contributed by atoms with Crippen molar-refractivity contribution in [2.45, 2.75) is 0 Å². The molecule has 0 saturated heterocycles. The van der Waals surface area contributed by atoms with E-state index in [1.54, 1.807) is 18.2 Å². The van der Waals surface area contributed by atoms with Gasteiger partial charge in [0.15, 0.2) is 0 Å². The van der Waals surface area contributed by atoms with E-state index in [1.807, 2.05) is 0 Å². The highest BCUT2D eigenvalue weighted by Gasteiger charge is 2.05. The molecule has 0 radical (unpaired) electrons. The van der Waals surface area contributed by atoms with Crippen molar-refractivity contribution in [3.05, 3.63) is 53.3 Å². The lowest BCUT2D eigenvalue weighted by atomic mass is 10.3. The molecule has 0 unspecified atom stereocenters. The molecular weight excluding hydrogens is 295 g/mol. The molecule has 0 fully saturated rings. The van der Waals surface area contributed by atoms with Gasteiger partial charge in [-0.2, -0.15) is 0 Å². The molecule has 0 saturated carbocycles. The van der Waals surface area contributed by atoms with Crippen LogP contribution in [0.1, 0.15) is 0 Å². The van der Waals surface area contributed by atoms with E-state index < -0.39 is 0 Å². The number of benzene rings is 2. The van der Waals surface area contributed by atoms with Crippen LogP contribution in [0.15, 0.2) is 42.5 Å². The highest BCUT2D eigenvalue weighted by molar-refractivity contribution is 6.32. The number of ether oxygens (including phenoxy) is 1. The van der Waals surface area contributed by atoms with E-state index in [-0.39, 0.29) is 18.3 Å². The number of nitrogens with one attached hydrogen (secondary N) is 2. The van der Waals surface area contributed by atoms with Crippen molar-refractivity contribution >= 4 is 28.9 Å². The van der Waals surface area contributed by atoms with Crippen LogP contribution in [0.3, 0.4) is 0 Å². The molecule has 2 aromatic carbocycles. The lowest BCUT2D eigenvalue weighted by Gasteiger charge is -2.10. The van der Waals surface area contributed by atoms with Crippen molar-refractivity contribution in [3.63, 3.8) is 0 Å². The van der Waals surface area contributed by atoms with Crippen molar-refractivity contribution < 1.29 is 13.9 Å². The van der Waals surface area contributed by atoms with E-state index in [1.165, 1.54) is 31.4 Å². The summed E-state index contributed by atoms with van der Waals surface area (Å²) in [5.74, 6) is -0.0597. The molecular formula is C15H14ClFN2O2. The summed E-state index contributed by atoms with van der Waals surface area (Å²) in [5.41, 5.74) is 1.25. The topological polar surface area (TPSA) is 50.4 Å². The van der Waals surface area contributed by atoms with Crippen LogP contribution in [0.4, 0.5) is 15.8 Å². The molecule has 0 aliphatic carbocycles. The zero-order chi connectivity index (χ0) is 15.2. The van der Waals surface area contributed by atoms with Gasteiger partial charge in [-0.05, 0) is 36.4 Å². The van der Waals surface area contributed by atoms with E-state index >= 15 is 0 Å². The van der Waals surface area contributed by atoms with Crippen LogP contribution < -0.4 is 15.4 Å². The van der Waals surface area contributed by atoms with Crippen LogP contribution in [-0.4, -0.2) is 19.6 Å². The standard InChI is InChI=1S/C15H14ClFN2O2/c1-21-14-8-12(6-7-13(14)16)18-9-15(20)19-11-4-2-10(17)3-5-11/h2-8,18H,9H2,1H3,(H,19,20). The van der Waals surface area contributed by atoms with Crippen LogP contribution in [0.25, 0.3) is 0 Å². The monoisotopic (exact) mass is 308 g/mol. The maximum atomic E-state index is 12.7. The first kappa shape index (κ1) is 15.1. The lowest BCUT2D eigenvalue weighted by Crippen LogP contribution is -2.21. The van der Waals surface area contributed by atoms with E-state index in [0.717, 1.165) is 0 Å². The number of hydrogen-bond acceptors (Lipinski definition) is 3. The number of anilines is 2. The minimum Gasteiger partial charge on any atom is -0.495 e. The Bertz CT molecular complexity index is 632. The van der Waals surface area contributed by atoms with Gasteiger partial charge in [0.25, 0.3) is 0 Å². The molecule has 2 rings (SSSR count). The van der Waals surface area contributed by atoms with Crippen molar-refractivity contribution in [3.8, 4) is 5.75 Å². The number of amides is 1. The Morgan fingerprint density at radius 1 is 1.19 bits per heavy atom. The summed E-state index contributed by atoms with van der Waals surface area (Å²) in [4.78, 5) is 11.8. The molecule has 0 heterocycles. The number of methoxy groups -OCH3 is 1. The summed E-state index contributed by atoms with van der Waals surface area (Å²) in [6, 6.07) is 10.7. The molecule has 0 atom stereocenters. The maximum absolute atomic E-state index is 12.7. The van der Waals surface area contributed by atoms with Gasteiger partial charge in [0.1, 0.15) is 11.6 Å². The Balaban J connectivity index is 1.90. The first-order chi connectivity index (χ1) is 10.1. The van der Waals surface area contributed by atoms with Gasteiger partial charge in [-0.1, -0.05) is 11.6 Å². The number of carbonyl (C=O) groups excluding carboxylic acids is 1. The van der Waals surface area contributed by atoms with E-state index in [0.29, 0.717) is 22.1 Å². The minimum absolute atomic E-state index is 0.0716. The van der Waals surface area contributed by atoms with Gasteiger partial charge in [0.2, 0.25) is 5.91 Å². The number of halogens is 2. The van der Waals surface area contributed by atoms with Gasteiger partial charge in [-0.25, -0.2) is 4.39 Å². The van der Waals surface area contributed by atoms with Crippen molar-refractivity contribution in [2.75, 3.05) is 24.3 Å². The third-order valence-electron chi connectivity index (χ3n) is 2.73. The van der Waals surface area contributed by atoms with E-state index in [2.05, 4.69) is 10.6 Å². The Hall–Kier alpha value is -2.27. The normalized spacial score (nSPS) is 10.0. The van der Waals surface area contributed by atoms with Gasteiger partial charge < -0.3 is 15.4 Å². The van der Waals surface area contributed by atoms with Crippen LogP contribution in [0.2, 0.25) is 5.02 Å². The molecule has 0 bridgehead atoms. The zero-order valence-electron chi connectivity index (χ0n) is 11.3. The molecule has 0 aliphatic rings. The van der Waals surface area contributed by atoms with E-state index in [9.17, 15) is 9.18 Å². The molecule has 0 aromatic heterocycles. The first-order valence-electron chi connectivity index (χ1n) is 6.21. The first-order valence-corrected chi connectivity index (χ1v) is 6.59. The molecule has 2 aromatic rings. The van der Waals surface area contributed by atoms with Crippen molar-refractivity contribution in [1.82, 2.24) is 0 Å². The summed E-state index contributed by atoms with van der Waals surface area (Å²) < 4.78 is 17.8. The Morgan fingerprint density at radius 3 is 2.52 bits per heavy atom. The predicted molar refractivity (Wildman–Crippen MR) is 81.5 cm³/mol. The maximum Gasteiger partial charge on any atom is 0.243 e. The highest BCUT2D eigenvalue weighted by atomic mass is 35.5. The van der Waals surface area contributed by atoms with Gasteiger partial charge >= 0.3 is 0 Å². The second kappa shape index (κ2) is 6.95. The third-order valence-corrected chi connectivity index (χ3v) is 3.04. The second-order valence-electron chi connectivity index (χ2n) is 4.26.